The van der Waals surface area contributed by atoms with E-state index in [1.165, 1.54) is 0 Å². The van der Waals surface area contributed by atoms with Gasteiger partial charge >= 0.3 is 0 Å². The molecule has 1 aliphatic carbocycles. The Hall–Kier alpha value is -1.38. The van der Waals surface area contributed by atoms with Gasteiger partial charge in [0.1, 0.15) is 5.54 Å². The summed E-state index contributed by atoms with van der Waals surface area (Å²) >= 11 is 0. The van der Waals surface area contributed by atoms with Crippen molar-refractivity contribution in [3.8, 4) is 6.07 Å². The number of benzene rings is 1. The lowest BCUT2D eigenvalue weighted by molar-refractivity contribution is 0.485. The van der Waals surface area contributed by atoms with E-state index in [2.05, 4.69) is 10.8 Å². The third-order valence-electron chi connectivity index (χ3n) is 3.62. The van der Waals surface area contributed by atoms with E-state index in [-0.39, 0.29) is 4.90 Å². The van der Waals surface area contributed by atoms with Crippen LogP contribution in [0.25, 0.3) is 0 Å². The van der Waals surface area contributed by atoms with Gasteiger partial charge in [0.05, 0.1) is 11.0 Å². The van der Waals surface area contributed by atoms with E-state index in [1.54, 1.807) is 19.1 Å². The number of aryl methyl sites for hydroxylation is 2. The minimum absolute atomic E-state index is 0.264. The van der Waals surface area contributed by atoms with Gasteiger partial charge in [-0.3, -0.25) is 0 Å². The summed E-state index contributed by atoms with van der Waals surface area (Å²) in [6.07, 6.45) is 2.97. The van der Waals surface area contributed by atoms with Crippen LogP contribution in [0.2, 0.25) is 0 Å². The molecular formula is C14H18N2O2S. The minimum atomic E-state index is -3.63. The monoisotopic (exact) mass is 278 g/mol. The molecule has 0 heterocycles. The Balaban J connectivity index is 2.35. The first-order chi connectivity index (χ1) is 8.88. The van der Waals surface area contributed by atoms with E-state index in [0.29, 0.717) is 18.4 Å². The fraction of sp³-hybridized carbons (Fsp3) is 0.500. The van der Waals surface area contributed by atoms with Crippen LogP contribution in [0.4, 0.5) is 0 Å². The highest BCUT2D eigenvalue weighted by atomic mass is 32.2. The van der Waals surface area contributed by atoms with Crippen LogP contribution >= 0.6 is 0 Å². The number of hydrogen-bond donors (Lipinski definition) is 1. The van der Waals surface area contributed by atoms with E-state index in [0.717, 1.165) is 18.4 Å². The van der Waals surface area contributed by atoms with E-state index in [4.69, 9.17) is 0 Å². The molecule has 5 heteroatoms. The van der Waals surface area contributed by atoms with Crippen LogP contribution < -0.4 is 4.72 Å². The second-order valence-corrected chi connectivity index (χ2v) is 6.93. The number of nitrogens with zero attached hydrogens (tertiary/aromatic N) is 1. The van der Waals surface area contributed by atoms with Gasteiger partial charge in [-0.05, 0) is 38.3 Å². The highest BCUT2D eigenvalue weighted by Gasteiger charge is 2.38. The molecule has 0 unspecified atom stereocenters. The molecule has 1 saturated carbocycles. The molecule has 0 radical (unpaired) electrons. The summed E-state index contributed by atoms with van der Waals surface area (Å²) in [6, 6.07) is 7.36. The van der Waals surface area contributed by atoms with Gasteiger partial charge in [-0.1, -0.05) is 30.5 Å². The lowest BCUT2D eigenvalue weighted by Gasteiger charge is -2.22. The Labute approximate surface area is 114 Å². The summed E-state index contributed by atoms with van der Waals surface area (Å²) in [4.78, 5) is 0.264. The standard InChI is InChI=1S/C14H18N2O2S/c1-11-5-6-13(12(2)9-11)19(17,18)16-14(10-15)7-3-4-8-14/h5-6,9,16H,3-4,7-8H2,1-2H3. The highest BCUT2D eigenvalue weighted by Crippen LogP contribution is 2.31. The minimum Gasteiger partial charge on any atom is -0.207 e. The molecule has 1 aliphatic rings. The second kappa shape index (κ2) is 4.95. The quantitative estimate of drug-likeness (QED) is 0.923. The van der Waals surface area contributed by atoms with E-state index < -0.39 is 15.6 Å². The summed E-state index contributed by atoms with van der Waals surface area (Å²) in [7, 11) is -3.63. The molecule has 1 N–H and O–H groups in total. The van der Waals surface area contributed by atoms with Gasteiger partial charge in [-0.2, -0.15) is 9.98 Å². The Bertz CT molecular complexity index is 623. The third kappa shape index (κ3) is 2.80. The van der Waals surface area contributed by atoms with Gasteiger partial charge in [-0.15, -0.1) is 0 Å². The van der Waals surface area contributed by atoms with Gasteiger partial charge in [0.25, 0.3) is 0 Å². The first-order valence-electron chi connectivity index (χ1n) is 6.41. The molecule has 1 aromatic carbocycles. The van der Waals surface area contributed by atoms with Crippen LogP contribution in [0.1, 0.15) is 36.8 Å². The summed E-state index contributed by atoms with van der Waals surface area (Å²) in [6.45, 7) is 3.69. The maximum absolute atomic E-state index is 12.4. The van der Waals surface area contributed by atoms with Crippen LogP contribution in [0.5, 0.6) is 0 Å². The Morgan fingerprint density at radius 2 is 1.89 bits per heavy atom. The molecule has 0 bridgehead atoms. The zero-order chi connectivity index (χ0) is 14.1. The molecule has 2 rings (SSSR count). The number of nitrogens with one attached hydrogen (secondary N) is 1. The lowest BCUT2D eigenvalue weighted by atomic mass is 10.0. The SMILES string of the molecule is Cc1ccc(S(=O)(=O)NC2(C#N)CCCC2)c(C)c1. The number of rotatable bonds is 3. The van der Waals surface area contributed by atoms with Crippen LogP contribution in [0.3, 0.4) is 0 Å². The maximum atomic E-state index is 12.4. The second-order valence-electron chi connectivity index (χ2n) is 5.28. The van der Waals surface area contributed by atoms with Gasteiger partial charge in [0, 0.05) is 0 Å². The normalized spacial score (nSPS) is 18.2. The van der Waals surface area contributed by atoms with Crippen LogP contribution in [0.15, 0.2) is 23.1 Å². The summed E-state index contributed by atoms with van der Waals surface area (Å²) in [5, 5.41) is 9.26. The van der Waals surface area contributed by atoms with Crippen molar-refractivity contribution in [2.45, 2.75) is 50.0 Å². The van der Waals surface area contributed by atoms with Gasteiger partial charge in [0.2, 0.25) is 10.0 Å². The largest absolute Gasteiger partial charge is 0.242 e. The Morgan fingerprint density at radius 1 is 1.26 bits per heavy atom. The molecule has 0 aromatic heterocycles. The molecule has 1 aromatic rings. The van der Waals surface area contributed by atoms with Crippen LogP contribution in [-0.2, 0) is 10.0 Å². The van der Waals surface area contributed by atoms with Gasteiger partial charge in [0.15, 0.2) is 0 Å². The molecule has 4 nitrogen and oxygen atoms in total. The molecule has 1 fully saturated rings. The highest BCUT2D eigenvalue weighted by molar-refractivity contribution is 7.89. The van der Waals surface area contributed by atoms with Gasteiger partial charge < -0.3 is 0 Å². The van der Waals surface area contributed by atoms with Crippen molar-refractivity contribution in [2.75, 3.05) is 0 Å². The molecular weight excluding hydrogens is 260 g/mol. The topological polar surface area (TPSA) is 70.0 Å². The third-order valence-corrected chi connectivity index (χ3v) is 5.32. The molecule has 19 heavy (non-hydrogen) atoms. The van der Waals surface area contributed by atoms with E-state index in [9.17, 15) is 13.7 Å². The Kier molecular flexibility index (Phi) is 3.66. The first kappa shape index (κ1) is 14.0. The van der Waals surface area contributed by atoms with Crippen molar-refractivity contribution in [3.05, 3.63) is 29.3 Å². The number of sulfonamides is 1. The van der Waals surface area contributed by atoms with Crippen molar-refractivity contribution >= 4 is 10.0 Å². The van der Waals surface area contributed by atoms with E-state index >= 15 is 0 Å². The molecule has 0 atom stereocenters. The number of nitriles is 1. The summed E-state index contributed by atoms with van der Waals surface area (Å²) in [5.74, 6) is 0. The summed E-state index contributed by atoms with van der Waals surface area (Å²) < 4.78 is 27.5. The molecule has 0 amide bonds. The molecule has 102 valence electrons. The van der Waals surface area contributed by atoms with Gasteiger partial charge in [-0.25, -0.2) is 8.42 Å². The molecule has 0 saturated heterocycles. The van der Waals surface area contributed by atoms with E-state index in [1.807, 2.05) is 13.0 Å². The molecule has 0 spiro atoms. The average molecular weight is 278 g/mol. The van der Waals surface area contributed by atoms with Crippen molar-refractivity contribution in [2.24, 2.45) is 0 Å². The maximum Gasteiger partial charge on any atom is 0.242 e. The van der Waals surface area contributed by atoms with Crippen LogP contribution in [0, 0.1) is 25.2 Å². The smallest absolute Gasteiger partial charge is 0.207 e. The van der Waals surface area contributed by atoms with Crippen LogP contribution in [-0.4, -0.2) is 14.0 Å². The lowest BCUT2D eigenvalue weighted by Crippen LogP contribution is -2.45. The molecule has 0 aliphatic heterocycles. The average Bonchev–Trinajstić information content (AvgIpc) is 2.77. The van der Waals surface area contributed by atoms with Crippen molar-refractivity contribution < 1.29 is 8.42 Å². The summed E-state index contributed by atoms with van der Waals surface area (Å²) in [5.41, 5.74) is 0.807. The van der Waals surface area contributed by atoms with Crippen molar-refractivity contribution in [1.82, 2.24) is 4.72 Å². The predicted octanol–water partition coefficient (Wildman–Crippen LogP) is 2.42. The fourth-order valence-electron chi connectivity index (χ4n) is 2.63. The zero-order valence-corrected chi connectivity index (χ0v) is 12.0. The number of hydrogen-bond acceptors (Lipinski definition) is 3. The predicted molar refractivity (Wildman–Crippen MR) is 73.0 cm³/mol. The zero-order valence-electron chi connectivity index (χ0n) is 11.2. The Morgan fingerprint density at radius 3 is 2.42 bits per heavy atom. The van der Waals surface area contributed by atoms with Crippen molar-refractivity contribution in [3.63, 3.8) is 0 Å². The van der Waals surface area contributed by atoms with Crippen molar-refractivity contribution in [1.29, 1.82) is 5.26 Å². The fourth-order valence-corrected chi connectivity index (χ4v) is 4.23. The first-order valence-corrected chi connectivity index (χ1v) is 7.89.